The van der Waals surface area contributed by atoms with Crippen molar-refractivity contribution in [2.45, 2.75) is 39.1 Å². The van der Waals surface area contributed by atoms with Crippen molar-refractivity contribution in [3.05, 3.63) is 51.7 Å². The van der Waals surface area contributed by atoms with E-state index in [0.717, 1.165) is 22.6 Å². The van der Waals surface area contributed by atoms with Crippen molar-refractivity contribution in [3.63, 3.8) is 0 Å². The van der Waals surface area contributed by atoms with Gasteiger partial charge in [0.1, 0.15) is 22.2 Å². The van der Waals surface area contributed by atoms with Crippen molar-refractivity contribution in [1.82, 2.24) is 14.8 Å². The number of hydrogen-bond acceptors (Lipinski definition) is 10. The number of amides is 1. The zero-order valence-electron chi connectivity index (χ0n) is 20.0. The third-order valence-electron chi connectivity index (χ3n) is 4.99. The highest BCUT2D eigenvalue weighted by Crippen LogP contribution is 2.34. The van der Waals surface area contributed by atoms with Crippen molar-refractivity contribution >= 4 is 45.9 Å². The zero-order chi connectivity index (χ0) is 25.5. The molecule has 0 spiro atoms. The number of esters is 2. The molecule has 0 aliphatic rings. The van der Waals surface area contributed by atoms with Gasteiger partial charge < -0.3 is 24.1 Å². The van der Waals surface area contributed by atoms with Crippen LogP contribution in [0, 0.1) is 13.8 Å². The normalized spacial score (nSPS) is 10.7. The number of nitrogens with zero attached hydrogens (tertiary/aromatic N) is 3. The molecular weight excluding hydrogens is 492 g/mol. The molecule has 0 bridgehead atoms. The molecule has 2 heterocycles. The van der Waals surface area contributed by atoms with Crippen molar-refractivity contribution in [2.24, 2.45) is 0 Å². The summed E-state index contributed by atoms with van der Waals surface area (Å²) in [5.74, 6) is -0.234. The van der Waals surface area contributed by atoms with E-state index < -0.39 is 11.9 Å². The molecule has 3 aromatic rings. The summed E-state index contributed by atoms with van der Waals surface area (Å²) in [4.78, 5) is 37.2. The van der Waals surface area contributed by atoms with Crippen LogP contribution < -0.4 is 10.1 Å². The molecule has 10 nitrogen and oxygen atoms in total. The second-order valence-electron chi connectivity index (χ2n) is 7.33. The molecule has 0 aliphatic carbocycles. The number of carbonyl (C=O) groups excluding carboxylic acids is 3. The molecule has 12 heteroatoms. The first-order chi connectivity index (χ1) is 16.8. The first-order valence-electron chi connectivity index (χ1n) is 10.6. The first kappa shape index (κ1) is 26.2. The Bertz CT molecular complexity index is 1220. The predicted octanol–water partition coefficient (Wildman–Crippen LogP) is 3.86. The van der Waals surface area contributed by atoms with Gasteiger partial charge in [-0.05, 0) is 38.5 Å². The van der Waals surface area contributed by atoms with Crippen molar-refractivity contribution in [3.8, 4) is 5.75 Å². The van der Waals surface area contributed by atoms with Crippen molar-refractivity contribution in [2.75, 3.05) is 25.3 Å². The molecule has 1 aromatic carbocycles. The second-order valence-corrected chi connectivity index (χ2v) is 9.29. The Hall–Kier alpha value is -3.38. The summed E-state index contributed by atoms with van der Waals surface area (Å²) < 4.78 is 17.3. The van der Waals surface area contributed by atoms with Crippen LogP contribution in [0.5, 0.6) is 5.75 Å². The quantitative estimate of drug-likeness (QED) is 0.315. The fraction of sp³-hybridized carbons (Fsp3) is 0.348. The van der Waals surface area contributed by atoms with Crippen LogP contribution in [0.1, 0.15) is 43.9 Å². The van der Waals surface area contributed by atoms with Crippen LogP contribution in [0.2, 0.25) is 0 Å². The summed E-state index contributed by atoms with van der Waals surface area (Å²) >= 11 is 2.17. The van der Waals surface area contributed by atoms with E-state index in [2.05, 4.69) is 15.5 Å². The van der Waals surface area contributed by atoms with E-state index in [4.69, 9.17) is 14.2 Å². The van der Waals surface area contributed by atoms with Gasteiger partial charge in [0.15, 0.2) is 11.0 Å². The van der Waals surface area contributed by atoms with Crippen LogP contribution in [0.15, 0.2) is 29.4 Å². The van der Waals surface area contributed by atoms with Crippen LogP contribution in [0.3, 0.4) is 0 Å². The van der Waals surface area contributed by atoms with Gasteiger partial charge in [0.25, 0.3) is 0 Å². The summed E-state index contributed by atoms with van der Waals surface area (Å²) in [7, 11) is 2.48. The lowest BCUT2D eigenvalue weighted by molar-refractivity contribution is -0.113. The van der Waals surface area contributed by atoms with Gasteiger partial charge >= 0.3 is 11.9 Å². The Morgan fingerprint density at radius 1 is 1.06 bits per heavy atom. The van der Waals surface area contributed by atoms with Gasteiger partial charge in [-0.15, -0.1) is 21.5 Å². The van der Waals surface area contributed by atoms with Crippen LogP contribution in [0.4, 0.5) is 5.00 Å². The maximum absolute atomic E-state index is 12.7. The van der Waals surface area contributed by atoms with E-state index in [1.165, 1.54) is 26.0 Å². The number of benzene rings is 1. The number of aryl methyl sites for hydroxylation is 1. The molecule has 0 aliphatic heterocycles. The topological polar surface area (TPSA) is 122 Å². The summed E-state index contributed by atoms with van der Waals surface area (Å²) in [6.07, 6.45) is 0. The Morgan fingerprint density at radius 2 is 1.74 bits per heavy atom. The predicted molar refractivity (Wildman–Crippen MR) is 132 cm³/mol. The third-order valence-corrected chi connectivity index (χ3v) is 7.15. The molecule has 0 radical (unpaired) electrons. The molecule has 3 rings (SSSR count). The molecule has 35 heavy (non-hydrogen) atoms. The minimum absolute atomic E-state index is 0.0159. The second kappa shape index (κ2) is 11.8. The number of thiophene rings is 1. The van der Waals surface area contributed by atoms with Crippen LogP contribution >= 0.6 is 23.1 Å². The molecule has 0 saturated heterocycles. The summed E-state index contributed by atoms with van der Waals surface area (Å²) in [6, 6.07) is 7.72. The minimum atomic E-state index is -0.652. The zero-order valence-corrected chi connectivity index (χ0v) is 21.7. The van der Waals surface area contributed by atoms with E-state index in [1.54, 1.807) is 6.92 Å². The number of carbonyl (C=O) groups is 3. The SMILES string of the molecule is CCn1c(COc2ccc(C)cc2)nnc1SCC(=O)Nc1sc(C(=O)OC)c(C)c1C(=O)OC. The van der Waals surface area contributed by atoms with E-state index in [1.807, 2.05) is 42.7 Å². The Labute approximate surface area is 211 Å². The average Bonchev–Trinajstić information content (AvgIpc) is 3.41. The number of ether oxygens (including phenoxy) is 3. The van der Waals surface area contributed by atoms with Crippen LogP contribution in [-0.2, 0) is 27.4 Å². The number of aromatic nitrogens is 3. The Kier molecular flexibility index (Phi) is 8.88. The summed E-state index contributed by atoms with van der Waals surface area (Å²) in [6.45, 7) is 6.40. The van der Waals surface area contributed by atoms with Gasteiger partial charge in [0.2, 0.25) is 5.91 Å². The van der Waals surface area contributed by atoms with Gasteiger partial charge in [0, 0.05) is 6.54 Å². The van der Waals surface area contributed by atoms with E-state index in [0.29, 0.717) is 23.1 Å². The molecule has 2 aromatic heterocycles. The number of anilines is 1. The standard InChI is InChI=1S/C23H26N4O6S2/c1-6-27-16(11-33-15-9-7-13(2)8-10-15)25-26-23(27)34-12-17(28)24-20-18(21(29)31-4)14(3)19(35-20)22(30)32-5/h7-10H,6,11-12H2,1-5H3,(H,24,28). The van der Waals surface area contributed by atoms with Gasteiger partial charge in [-0.3, -0.25) is 4.79 Å². The third kappa shape index (κ3) is 6.20. The molecule has 1 amide bonds. The lowest BCUT2D eigenvalue weighted by atomic mass is 10.1. The summed E-state index contributed by atoms with van der Waals surface area (Å²) in [5.41, 5.74) is 1.66. The maximum Gasteiger partial charge on any atom is 0.348 e. The molecule has 186 valence electrons. The highest BCUT2D eigenvalue weighted by Gasteiger charge is 2.27. The molecule has 1 N–H and O–H groups in total. The molecule has 0 unspecified atom stereocenters. The largest absolute Gasteiger partial charge is 0.486 e. The first-order valence-corrected chi connectivity index (χ1v) is 12.4. The molecule has 0 saturated carbocycles. The maximum atomic E-state index is 12.7. The number of thioether (sulfide) groups is 1. The van der Waals surface area contributed by atoms with Gasteiger partial charge in [-0.1, -0.05) is 29.5 Å². The minimum Gasteiger partial charge on any atom is -0.486 e. The number of hydrogen-bond donors (Lipinski definition) is 1. The Morgan fingerprint density at radius 3 is 2.37 bits per heavy atom. The van der Waals surface area contributed by atoms with Crippen molar-refractivity contribution < 1.29 is 28.6 Å². The Balaban J connectivity index is 1.67. The lowest BCUT2D eigenvalue weighted by Crippen LogP contribution is -2.16. The molecule has 0 atom stereocenters. The molecular formula is C23H26N4O6S2. The van der Waals surface area contributed by atoms with Gasteiger partial charge in [-0.25, -0.2) is 9.59 Å². The fourth-order valence-electron chi connectivity index (χ4n) is 3.16. The lowest BCUT2D eigenvalue weighted by Gasteiger charge is -2.09. The smallest absolute Gasteiger partial charge is 0.348 e. The van der Waals surface area contributed by atoms with Gasteiger partial charge in [-0.2, -0.15) is 0 Å². The van der Waals surface area contributed by atoms with E-state index >= 15 is 0 Å². The van der Waals surface area contributed by atoms with Crippen LogP contribution in [-0.4, -0.2) is 52.6 Å². The highest BCUT2D eigenvalue weighted by atomic mass is 32.2. The van der Waals surface area contributed by atoms with Gasteiger partial charge in [0.05, 0.1) is 25.5 Å². The average molecular weight is 519 g/mol. The highest BCUT2D eigenvalue weighted by molar-refractivity contribution is 7.99. The van der Waals surface area contributed by atoms with Crippen molar-refractivity contribution in [1.29, 1.82) is 0 Å². The number of rotatable bonds is 10. The molecule has 0 fully saturated rings. The monoisotopic (exact) mass is 518 g/mol. The van der Waals surface area contributed by atoms with Crippen LogP contribution in [0.25, 0.3) is 0 Å². The number of nitrogens with one attached hydrogen (secondary N) is 1. The van der Waals surface area contributed by atoms with E-state index in [9.17, 15) is 14.4 Å². The summed E-state index contributed by atoms with van der Waals surface area (Å²) in [5, 5.41) is 11.9. The van der Waals surface area contributed by atoms with E-state index in [-0.39, 0.29) is 33.7 Å². The number of methoxy groups -OCH3 is 2. The fourth-order valence-corrected chi connectivity index (χ4v) is 5.11.